The molecule has 0 bridgehead atoms. The lowest BCUT2D eigenvalue weighted by Crippen LogP contribution is -2.21. The molecule has 1 N–H and O–H groups in total. The first-order valence-corrected chi connectivity index (χ1v) is 9.03. The van der Waals surface area contributed by atoms with Crippen LogP contribution in [0.1, 0.15) is 39.0 Å². The van der Waals surface area contributed by atoms with Crippen molar-refractivity contribution in [1.29, 1.82) is 0 Å². The van der Waals surface area contributed by atoms with Crippen LogP contribution in [0.5, 0.6) is 11.5 Å². The van der Waals surface area contributed by atoms with Crippen LogP contribution in [0.3, 0.4) is 0 Å². The standard InChI is InChI=1S/C19H23NO3S/c1-12-4-7-17-14(8-12)10-18(24-17)19(21)20-11-13-5-6-15(22-2)16(9-13)23-3/h5-6,9-10,12H,4,7-8,11H2,1-3H3,(H,20,21)/t12-/m1/s1. The summed E-state index contributed by atoms with van der Waals surface area (Å²) in [5.41, 5.74) is 2.34. The number of nitrogens with one attached hydrogen (secondary N) is 1. The van der Waals surface area contributed by atoms with E-state index in [1.165, 1.54) is 16.9 Å². The summed E-state index contributed by atoms with van der Waals surface area (Å²) in [5, 5.41) is 3.00. The Morgan fingerprint density at radius 3 is 2.79 bits per heavy atom. The molecule has 1 amide bonds. The van der Waals surface area contributed by atoms with Crippen LogP contribution in [0.25, 0.3) is 0 Å². The lowest BCUT2D eigenvalue weighted by atomic mass is 9.90. The van der Waals surface area contributed by atoms with E-state index in [0.717, 1.165) is 29.2 Å². The largest absolute Gasteiger partial charge is 0.493 e. The van der Waals surface area contributed by atoms with Crippen LogP contribution in [-0.4, -0.2) is 20.1 Å². The monoisotopic (exact) mass is 345 g/mol. The minimum Gasteiger partial charge on any atom is -0.493 e. The molecule has 0 spiro atoms. The van der Waals surface area contributed by atoms with E-state index in [0.29, 0.717) is 18.0 Å². The second-order valence-electron chi connectivity index (χ2n) is 6.28. The summed E-state index contributed by atoms with van der Waals surface area (Å²) in [6.45, 7) is 2.75. The summed E-state index contributed by atoms with van der Waals surface area (Å²) in [6.07, 6.45) is 3.42. The average Bonchev–Trinajstić information content (AvgIpc) is 3.02. The van der Waals surface area contributed by atoms with Gasteiger partial charge in [0.1, 0.15) is 0 Å². The predicted octanol–water partition coefficient (Wildman–Crippen LogP) is 3.82. The van der Waals surface area contributed by atoms with Gasteiger partial charge < -0.3 is 14.8 Å². The highest BCUT2D eigenvalue weighted by Gasteiger charge is 2.20. The third-order valence-electron chi connectivity index (χ3n) is 4.45. The molecule has 1 aliphatic rings. The molecule has 4 nitrogen and oxygen atoms in total. The van der Waals surface area contributed by atoms with Crippen LogP contribution in [0, 0.1) is 5.92 Å². The number of carbonyl (C=O) groups is 1. The van der Waals surface area contributed by atoms with Gasteiger partial charge in [-0.2, -0.15) is 0 Å². The van der Waals surface area contributed by atoms with Crippen molar-refractivity contribution in [2.45, 2.75) is 32.7 Å². The van der Waals surface area contributed by atoms with Crippen LogP contribution >= 0.6 is 11.3 Å². The van der Waals surface area contributed by atoms with Gasteiger partial charge in [0.15, 0.2) is 11.5 Å². The first-order chi connectivity index (χ1) is 11.6. The van der Waals surface area contributed by atoms with E-state index in [2.05, 4.69) is 18.3 Å². The topological polar surface area (TPSA) is 47.6 Å². The second-order valence-corrected chi connectivity index (χ2v) is 7.42. The van der Waals surface area contributed by atoms with Gasteiger partial charge in [-0.3, -0.25) is 4.79 Å². The number of carbonyl (C=O) groups excluding carboxylic acids is 1. The van der Waals surface area contributed by atoms with Crippen LogP contribution < -0.4 is 14.8 Å². The molecular formula is C19H23NO3S. The number of rotatable bonds is 5. The lowest BCUT2D eigenvalue weighted by Gasteiger charge is -2.16. The minimum absolute atomic E-state index is 0.00293. The summed E-state index contributed by atoms with van der Waals surface area (Å²) in [4.78, 5) is 14.6. The molecule has 0 radical (unpaired) electrons. The fourth-order valence-corrected chi connectivity index (χ4v) is 4.20. The van der Waals surface area contributed by atoms with E-state index in [4.69, 9.17) is 9.47 Å². The van der Waals surface area contributed by atoms with Crippen molar-refractivity contribution >= 4 is 17.2 Å². The molecule has 0 saturated heterocycles. The van der Waals surface area contributed by atoms with Gasteiger partial charge in [0.2, 0.25) is 0 Å². The number of hydrogen-bond acceptors (Lipinski definition) is 4. The summed E-state index contributed by atoms with van der Waals surface area (Å²) >= 11 is 1.64. The Labute approximate surface area is 146 Å². The van der Waals surface area contributed by atoms with Gasteiger partial charge in [-0.25, -0.2) is 0 Å². The molecular weight excluding hydrogens is 322 g/mol. The molecule has 0 fully saturated rings. The van der Waals surface area contributed by atoms with Gasteiger partial charge >= 0.3 is 0 Å². The highest BCUT2D eigenvalue weighted by atomic mass is 32.1. The number of fused-ring (bicyclic) bond motifs is 1. The lowest BCUT2D eigenvalue weighted by molar-refractivity contribution is 0.0955. The molecule has 24 heavy (non-hydrogen) atoms. The first kappa shape index (κ1) is 16.8. The molecule has 1 atom stereocenters. The molecule has 0 saturated carbocycles. The summed E-state index contributed by atoms with van der Waals surface area (Å²) in [6, 6.07) is 7.74. The smallest absolute Gasteiger partial charge is 0.261 e. The van der Waals surface area contributed by atoms with Gasteiger partial charge in [-0.05, 0) is 54.5 Å². The van der Waals surface area contributed by atoms with E-state index in [1.807, 2.05) is 18.2 Å². The zero-order valence-corrected chi connectivity index (χ0v) is 15.2. The predicted molar refractivity (Wildman–Crippen MR) is 96.2 cm³/mol. The fourth-order valence-electron chi connectivity index (χ4n) is 3.08. The third-order valence-corrected chi connectivity index (χ3v) is 5.69. The molecule has 1 aromatic carbocycles. The molecule has 0 unspecified atom stereocenters. The van der Waals surface area contributed by atoms with Crippen molar-refractivity contribution in [3.8, 4) is 11.5 Å². The van der Waals surface area contributed by atoms with Crippen molar-refractivity contribution in [3.05, 3.63) is 45.1 Å². The maximum atomic E-state index is 12.4. The molecule has 3 rings (SSSR count). The van der Waals surface area contributed by atoms with Crippen molar-refractivity contribution in [1.82, 2.24) is 5.32 Å². The van der Waals surface area contributed by atoms with Crippen LogP contribution in [0.15, 0.2) is 24.3 Å². The van der Waals surface area contributed by atoms with Crippen LogP contribution in [-0.2, 0) is 19.4 Å². The average molecular weight is 345 g/mol. The van der Waals surface area contributed by atoms with Crippen LogP contribution in [0.2, 0.25) is 0 Å². The Morgan fingerprint density at radius 2 is 2.04 bits per heavy atom. The Hall–Kier alpha value is -2.01. The summed E-state index contributed by atoms with van der Waals surface area (Å²) < 4.78 is 10.5. The Kier molecular flexibility index (Phi) is 5.09. The molecule has 2 aromatic rings. The summed E-state index contributed by atoms with van der Waals surface area (Å²) in [7, 11) is 3.22. The number of thiophene rings is 1. The van der Waals surface area contributed by atoms with Gasteiger partial charge in [-0.1, -0.05) is 13.0 Å². The first-order valence-electron chi connectivity index (χ1n) is 8.21. The van der Waals surface area contributed by atoms with E-state index in [-0.39, 0.29) is 5.91 Å². The van der Waals surface area contributed by atoms with E-state index >= 15 is 0 Å². The van der Waals surface area contributed by atoms with Gasteiger partial charge in [-0.15, -0.1) is 11.3 Å². The molecule has 128 valence electrons. The maximum absolute atomic E-state index is 12.4. The Balaban J connectivity index is 1.66. The molecule has 1 aromatic heterocycles. The third kappa shape index (κ3) is 3.56. The SMILES string of the molecule is COc1ccc(CNC(=O)c2cc3c(s2)CC[C@@H](C)C3)cc1OC. The quantitative estimate of drug-likeness (QED) is 0.896. The fraction of sp³-hybridized carbons (Fsp3) is 0.421. The van der Waals surface area contributed by atoms with E-state index < -0.39 is 0 Å². The van der Waals surface area contributed by atoms with Crippen molar-refractivity contribution in [2.24, 2.45) is 5.92 Å². The number of aryl methyl sites for hydroxylation is 1. The van der Waals surface area contributed by atoms with E-state index in [1.54, 1.807) is 25.6 Å². The van der Waals surface area contributed by atoms with Gasteiger partial charge in [0.25, 0.3) is 5.91 Å². The number of ether oxygens (including phenoxy) is 2. The number of amides is 1. The Morgan fingerprint density at radius 1 is 1.25 bits per heavy atom. The number of methoxy groups -OCH3 is 2. The second kappa shape index (κ2) is 7.26. The number of benzene rings is 1. The molecule has 1 aliphatic carbocycles. The normalized spacial score (nSPS) is 16.4. The summed E-state index contributed by atoms with van der Waals surface area (Å²) in [5.74, 6) is 2.07. The van der Waals surface area contributed by atoms with Crippen LogP contribution in [0.4, 0.5) is 0 Å². The van der Waals surface area contributed by atoms with Gasteiger partial charge in [0, 0.05) is 11.4 Å². The zero-order valence-electron chi connectivity index (χ0n) is 14.3. The zero-order chi connectivity index (χ0) is 17.1. The molecule has 0 aliphatic heterocycles. The van der Waals surface area contributed by atoms with Crippen molar-refractivity contribution < 1.29 is 14.3 Å². The highest BCUT2D eigenvalue weighted by molar-refractivity contribution is 7.14. The van der Waals surface area contributed by atoms with E-state index in [9.17, 15) is 4.79 Å². The minimum atomic E-state index is -0.00293. The van der Waals surface area contributed by atoms with Crippen molar-refractivity contribution in [2.75, 3.05) is 14.2 Å². The Bertz CT molecular complexity index is 738. The molecule has 5 heteroatoms. The number of hydrogen-bond donors (Lipinski definition) is 1. The van der Waals surface area contributed by atoms with Gasteiger partial charge in [0.05, 0.1) is 19.1 Å². The molecule has 1 heterocycles. The highest BCUT2D eigenvalue weighted by Crippen LogP contribution is 2.32. The van der Waals surface area contributed by atoms with Crippen molar-refractivity contribution in [3.63, 3.8) is 0 Å². The maximum Gasteiger partial charge on any atom is 0.261 e.